The molecule has 0 unspecified atom stereocenters. The molecule has 7 nitrogen and oxygen atoms in total. The molecular weight excluding hydrogens is 486 g/mol. The first-order valence-corrected chi connectivity index (χ1v) is 12.0. The topological polar surface area (TPSA) is 73.1 Å². The highest BCUT2D eigenvalue weighted by atomic mass is 32.2. The summed E-state index contributed by atoms with van der Waals surface area (Å²) in [5.41, 5.74) is 1.61. The van der Waals surface area contributed by atoms with Gasteiger partial charge in [-0.15, -0.1) is 16.9 Å². The Morgan fingerprint density at radius 1 is 1.17 bits per heavy atom. The molecule has 1 aliphatic rings. The van der Waals surface area contributed by atoms with Crippen molar-refractivity contribution in [3.05, 3.63) is 59.7 Å². The van der Waals surface area contributed by atoms with Gasteiger partial charge in [-0.05, 0) is 65.4 Å². The molecule has 0 amide bonds. The number of likely N-dealkylation sites (N-methyl/N-ethyl adjacent to an activating group) is 1. The molecule has 0 aliphatic heterocycles. The zero-order valence-electron chi connectivity index (χ0n) is 19.2. The Balaban J connectivity index is 1.76. The van der Waals surface area contributed by atoms with Gasteiger partial charge in [-0.3, -0.25) is 4.79 Å². The predicted molar refractivity (Wildman–Crippen MR) is 122 cm³/mol. The van der Waals surface area contributed by atoms with Crippen molar-refractivity contribution in [2.45, 2.75) is 35.9 Å². The van der Waals surface area contributed by atoms with E-state index < -0.39 is 17.9 Å². The molecule has 35 heavy (non-hydrogen) atoms. The molecular formula is C23H23F4N5O2S. The van der Waals surface area contributed by atoms with E-state index in [1.807, 2.05) is 18.2 Å². The van der Waals surface area contributed by atoms with Crippen LogP contribution in [0.3, 0.4) is 0 Å². The van der Waals surface area contributed by atoms with Crippen LogP contribution in [-0.2, 0) is 15.7 Å². The Kier molecular flexibility index (Phi) is 7.02. The van der Waals surface area contributed by atoms with Gasteiger partial charge < -0.3 is 9.64 Å². The Labute approximate surface area is 203 Å². The first-order chi connectivity index (χ1) is 16.7. The quantitative estimate of drug-likeness (QED) is 0.271. The maximum absolute atomic E-state index is 13.6. The molecule has 0 saturated heterocycles. The molecule has 3 aromatic rings. The lowest BCUT2D eigenvalue weighted by atomic mass is 9.86. The Hall–Kier alpha value is -3.15. The molecule has 0 N–H and O–H groups in total. The third-order valence-electron chi connectivity index (χ3n) is 6.39. The number of anilines is 1. The number of hydrogen-bond acceptors (Lipinski definition) is 7. The number of tetrazole rings is 1. The predicted octanol–water partition coefficient (Wildman–Crippen LogP) is 4.71. The van der Waals surface area contributed by atoms with Crippen molar-refractivity contribution in [3.63, 3.8) is 0 Å². The maximum Gasteiger partial charge on any atom is 0.453 e. The van der Waals surface area contributed by atoms with Crippen LogP contribution in [0.2, 0.25) is 0 Å². The average molecular weight is 510 g/mol. The Bertz CT molecular complexity index is 1200. The van der Waals surface area contributed by atoms with Crippen LogP contribution in [0.5, 0.6) is 0 Å². The minimum absolute atomic E-state index is 0.155. The highest BCUT2D eigenvalue weighted by molar-refractivity contribution is 7.98. The number of hydrogen-bond donors (Lipinski definition) is 0. The van der Waals surface area contributed by atoms with Crippen LogP contribution < -0.4 is 4.90 Å². The molecule has 1 fully saturated rings. The fourth-order valence-corrected chi connectivity index (χ4v) is 5.39. The van der Waals surface area contributed by atoms with Crippen LogP contribution in [0.25, 0.3) is 5.69 Å². The van der Waals surface area contributed by atoms with Crippen LogP contribution in [0.15, 0.2) is 47.4 Å². The number of alkyl halides is 3. The monoisotopic (exact) mass is 509 g/mol. The van der Waals surface area contributed by atoms with Crippen LogP contribution in [0.1, 0.15) is 30.1 Å². The van der Waals surface area contributed by atoms with E-state index in [-0.39, 0.29) is 29.4 Å². The summed E-state index contributed by atoms with van der Waals surface area (Å²) in [6.07, 6.45) is -1.66. The van der Waals surface area contributed by atoms with Gasteiger partial charge in [-0.2, -0.15) is 17.9 Å². The van der Waals surface area contributed by atoms with Crippen molar-refractivity contribution in [3.8, 4) is 5.69 Å². The normalized spacial score (nSPS) is 20.1. The molecule has 1 saturated carbocycles. The van der Waals surface area contributed by atoms with Crippen LogP contribution in [-0.4, -0.2) is 52.6 Å². The minimum Gasteiger partial charge on any atom is -0.469 e. The molecule has 2 aromatic carbocycles. The SMILES string of the molecule is COC(=O)[C@H]1CC[C@H](N(C)c2cc(-n3nnnc3C(F)(F)F)ccc2SC)[C@@H]1c1ccc(F)cc1. The Morgan fingerprint density at radius 2 is 1.89 bits per heavy atom. The number of aromatic nitrogens is 4. The van der Waals surface area contributed by atoms with Gasteiger partial charge in [0.05, 0.1) is 24.4 Å². The summed E-state index contributed by atoms with van der Waals surface area (Å²) in [6.45, 7) is 0. The van der Waals surface area contributed by atoms with Crippen molar-refractivity contribution in [1.82, 2.24) is 20.2 Å². The summed E-state index contributed by atoms with van der Waals surface area (Å²) in [5, 5.41) is 9.87. The molecule has 0 bridgehead atoms. The van der Waals surface area contributed by atoms with Gasteiger partial charge in [0.15, 0.2) is 0 Å². The molecule has 1 aromatic heterocycles. The third-order valence-corrected chi connectivity index (χ3v) is 7.17. The summed E-state index contributed by atoms with van der Waals surface area (Å²) in [6, 6.07) is 10.7. The van der Waals surface area contributed by atoms with Gasteiger partial charge in [0, 0.05) is 23.9 Å². The number of thioether (sulfide) groups is 1. The first kappa shape index (κ1) is 25.0. The molecule has 0 spiro atoms. The Morgan fingerprint density at radius 3 is 2.51 bits per heavy atom. The van der Waals surface area contributed by atoms with Crippen molar-refractivity contribution in [2.24, 2.45) is 5.92 Å². The summed E-state index contributed by atoms with van der Waals surface area (Å²) in [7, 11) is 3.17. The summed E-state index contributed by atoms with van der Waals surface area (Å²) in [4.78, 5) is 15.4. The van der Waals surface area contributed by atoms with E-state index in [4.69, 9.17) is 4.74 Å². The molecule has 3 atom stereocenters. The van der Waals surface area contributed by atoms with E-state index in [2.05, 4.69) is 15.5 Å². The van der Waals surface area contributed by atoms with E-state index in [9.17, 15) is 22.4 Å². The van der Waals surface area contributed by atoms with Crippen LogP contribution in [0, 0.1) is 11.7 Å². The number of benzene rings is 2. The van der Waals surface area contributed by atoms with Crippen molar-refractivity contribution in [1.29, 1.82) is 0 Å². The van der Waals surface area contributed by atoms with Crippen molar-refractivity contribution in [2.75, 3.05) is 25.3 Å². The fourth-order valence-electron chi connectivity index (χ4n) is 4.77. The second-order valence-corrected chi connectivity index (χ2v) is 9.08. The number of ether oxygens (including phenoxy) is 1. The molecule has 0 radical (unpaired) electrons. The number of carbonyl (C=O) groups excluding carboxylic acids is 1. The zero-order chi connectivity index (χ0) is 25.3. The smallest absolute Gasteiger partial charge is 0.453 e. The van der Waals surface area contributed by atoms with Gasteiger partial charge in [0.1, 0.15) is 5.82 Å². The van der Waals surface area contributed by atoms with E-state index >= 15 is 0 Å². The number of nitrogens with zero attached hydrogens (tertiary/aromatic N) is 5. The molecule has 186 valence electrons. The standard InChI is InChI=1S/C23H23F4N5O2S/c1-31(17-10-9-16(21(33)34-2)20(17)13-4-6-14(24)7-5-13)18-12-15(8-11-19(18)35-3)32-22(23(25,26)27)28-29-30-32/h4-8,11-12,16-17,20H,9-10H2,1-3H3/t16-,17-,20+/m0/s1. The number of halogens is 4. The lowest BCUT2D eigenvalue weighted by Crippen LogP contribution is -2.37. The number of rotatable bonds is 6. The second-order valence-electron chi connectivity index (χ2n) is 8.23. The maximum atomic E-state index is 13.6. The van der Waals surface area contributed by atoms with Gasteiger partial charge >= 0.3 is 12.1 Å². The van der Waals surface area contributed by atoms with Crippen molar-refractivity contribution >= 4 is 23.4 Å². The van der Waals surface area contributed by atoms with E-state index in [1.165, 1.54) is 37.1 Å². The highest BCUT2D eigenvalue weighted by Gasteiger charge is 2.44. The molecule has 1 heterocycles. The summed E-state index contributed by atoms with van der Waals surface area (Å²) in [5.74, 6) is -2.69. The largest absolute Gasteiger partial charge is 0.469 e. The number of methoxy groups -OCH3 is 1. The minimum atomic E-state index is -4.72. The van der Waals surface area contributed by atoms with Gasteiger partial charge in [-0.1, -0.05) is 12.1 Å². The van der Waals surface area contributed by atoms with E-state index in [0.29, 0.717) is 23.2 Å². The molecule has 4 rings (SSSR count). The summed E-state index contributed by atoms with van der Waals surface area (Å²) >= 11 is 1.44. The number of carbonyl (C=O) groups is 1. The van der Waals surface area contributed by atoms with Crippen molar-refractivity contribution < 1.29 is 27.1 Å². The van der Waals surface area contributed by atoms with E-state index in [0.717, 1.165) is 10.5 Å². The third kappa shape index (κ3) is 4.84. The highest BCUT2D eigenvalue weighted by Crippen LogP contribution is 2.45. The lowest BCUT2D eigenvalue weighted by Gasteiger charge is -2.34. The first-order valence-electron chi connectivity index (χ1n) is 10.8. The second kappa shape index (κ2) is 9.84. The van der Waals surface area contributed by atoms with E-state index in [1.54, 1.807) is 24.3 Å². The average Bonchev–Trinajstić information content (AvgIpc) is 3.51. The molecule has 1 aliphatic carbocycles. The van der Waals surface area contributed by atoms with Crippen LogP contribution >= 0.6 is 11.8 Å². The molecule has 12 heteroatoms. The fraction of sp³-hybridized carbons (Fsp3) is 0.391. The zero-order valence-corrected chi connectivity index (χ0v) is 20.0. The van der Waals surface area contributed by atoms with Gasteiger partial charge in [-0.25, -0.2) is 4.39 Å². The summed E-state index contributed by atoms with van der Waals surface area (Å²) < 4.78 is 59.5. The van der Waals surface area contributed by atoms with Crippen LogP contribution in [0.4, 0.5) is 23.2 Å². The van der Waals surface area contributed by atoms with Gasteiger partial charge in [0.25, 0.3) is 5.82 Å². The van der Waals surface area contributed by atoms with Gasteiger partial charge in [0.2, 0.25) is 0 Å². The lowest BCUT2D eigenvalue weighted by molar-refractivity contribution is -0.147. The number of esters is 1.